The number of methoxy groups -OCH3 is 2. The zero-order valence-corrected chi connectivity index (χ0v) is 15.9. The Bertz CT molecular complexity index is 1020. The number of aromatic nitrogens is 3. The first-order chi connectivity index (χ1) is 13.1. The van der Waals surface area contributed by atoms with Gasteiger partial charge in [0, 0.05) is 11.3 Å². The summed E-state index contributed by atoms with van der Waals surface area (Å²) in [5.74, 6) is 2.24. The number of fused-ring (bicyclic) bond motifs is 1. The van der Waals surface area contributed by atoms with Crippen molar-refractivity contribution in [1.29, 1.82) is 0 Å². The highest BCUT2D eigenvalue weighted by atomic mass is 16.5. The van der Waals surface area contributed by atoms with Gasteiger partial charge in [-0.3, -0.25) is 0 Å². The van der Waals surface area contributed by atoms with Gasteiger partial charge in [0.05, 0.1) is 14.2 Å². The van der Waals surface area contributed by atoms with Gasteiger partial charge in [0.1, 0.15) is 23.9 Å². The van der Waals surface area contributed by atoms with E-state index in [0.717, 1.165) is 28.3 Å². The highest BCUT2D eigenvalue weighted by Gasteiger charge is 2.26. The van der Waals surface area contributed by atoms with Crippen LogP contribution in [0.2, 0.25) is 0 Å². The van der Waals surface area contributed by atoms with Crippen LogP contribution in [0, 0.1) is 13.8 Å². The first-order valence-electron chi connectivity index (χ1n) is 8.78. The topological polar surface area (TPSA) is 61.2 Å². The number of hydrogen-bond donors (Lipinski definition) is 1. The van der Waals surface area contributed by atoms with Gasteiger partial charge in [0.25, 0.3) is 0 Å². The smallest absolute Gasteiger partial charge is 0.226 e. The summed E-state index contributed by atoms with van der Waals surface area (Å²) in [5.41, 5.74) is 5.58. The standard InChI is InChI=1S/C21H22N4O2/c1-13-5-6-15(9-14(13)2)18-11-19(25-21(24-18)22-12-23-25)17-10-16(26-3)7-8-20(17)27-4/h5-12,19H,1-4H3,(H,22,23,24). The first-order valence-corrected chi connectivity index (χ1v) is 8.78. The van der Waals surface area contributed by atoms with E-state index in [9.17, 15) is 0 Å². The maximum atomic E-state index is 5.60. The Balaban J connectivity index is 1.86. The fraction of sp³-hybridized carbons (Fsp3) is 0.238. The lowest BCUT2D eigenvalue weighted by Crippen LogP contribution is -2.20. The highest BCUT2D eigenvalue weighted by Crippen LogP contribution is 2.37. The Morgan fingerprint density at radius 1 is 1.00 bits per heavy atom. The number of aryl methyl sites for hydroxylation is 2. The van der Waals surface area contributed by atoms with Crippen LogP contribution in [-0.4, -0.2) is 29.0 Å². The fourth-order valence-electron chi connectivity index (χ4n) is 3.30. The van der Waals surface area contributed by atoms with Crippen LogP contribution in [0.1, 0.15) is 28.3 Å². The van der Waals surface area contributed by atoms with Crippen molar-refractivity contribution in [3.05, 3.63) is 71.1 Å². The van der Waals surface area contributed by atoms with E-state index >= 15 is 0 Å². The summed E-state index contributed by atoms with van der Waals surface area (Å²) in [6, 6.07) is 12.1. The molecule has 4 rings (SSSR count). The minimum atomic E-state index is -0.162. The first kappa shape index (κ1) is 17.1. The average molecular weight is 362 g/mol. The predicted octanol–water partition coefficient (Wildman–Crippen LogP) is 3.97. The second-order valence-corrected chi connectivity index (χ2v) is 6.59. The van der Waals surface area contributed by atoms with E-state index in [1.165, 1.54) is 11.1 Å². The van der Waals surface area contributed by atoms with E-state index in [4.69, 9.17) is 9.47 Å². The summed E-state index contributed by atoms with van der Waals surface area (Å²) in [6.45, 7) is 4.23. The number of rotatable bonds is 4. The summed E-state index contributed by atoms with van der Waals surface area (Å²) in [6.07, 6.45) is 3.70. The molecule has 2 aromatic carbocycles. The normalized spacial score (nSPS) is 15.6. The molecule has 1 aliphatic rings. The largest absolute Gasteiger partial charge is 0.497 e. The van der Waals surface area contributed by atoms with Gasteiger partial charge in [-0.15, -0.1) is 0 Å². The molecule has 0 saturated carbocycles. The molecule has 0 saturated heterocycles. The van der Waals surface area contributed by atoms with Gasteiger partial charge in [0.15, 0.2) is 0 Å². The van der Waals surface area contributed by atoms with Crippen molar-refractivity contribution in [2.24, 2.45) is 0 Å². The summed E-state index contributed by atoms with van der Waals surface area (Å²) in [4.78, 5) is 4.37. The minimum Gasteiger partial charge on any atom is -0.497 e. The van der Waals surface area contributed by atoms with Crippen molar-refractivity contribution < 1.29 is 9.47 Å². The molecule has 6 heteroatoms. The van der Waals surface area contributed by atoms with Gasteiger partial charge in [-0.1, -0.05) is 12.1 Å². The van der Waals surface area contributed by atoms with Gasteiger partial charge in [-0.2, -0.15) is 10.1 Å². The Kier molecular flexibility index (Phi) is 4.32. The molecule has 0 spiro atoms. The summed E-state index contributed by atoms with van der Waals surface area (Å²) < 4.78 is 12.9. The molecule has 0 radical (unpaired) electrons. The molecule has 1 aliphatic heterocycles. The van der Waals surface area contributed by atoms with E-state index in [1.807, 2.05) is 22.9 Å². The maximum absolute atomic E-state index is 5.60. The molecule has 138 valence electrons. The molecule has 27 heavy (non-hydrogen) atoms. The zero-order chi connectivity index (χ0) is 19.0. The van der Waals surface area contributed by atoms with E-state index in [0.29, 0.717) is 5.95 Å². The third kappa shape index (κ3) is 3.03. The summed E-state index contributed by atoms with van der Waals surface area (Å²) >= 11 is 0. The van der Waals surface area contributed by atoms with Crippen LogP contribution in [-0.2, 0) is 0 Å². The number of hydrogen-bond acceptors (Lipinski definition) is 5. The lowest BCUT2D eigenvalue weighted by Gasteiger charge is -2.26. The van der Waals surface area contributed by atoms with E-state index in [1.54, 1.807) is 20.5 Å². The third-order valence-corrected chi connectivity index (χ3v) is 4.98. The molecular formula is C21H22N4O2. The van der Waals surface area contributed by atoms with Crippen molar-refractivity contribution in [2.75, 3.05) is 19.5 Å². The molecule has 6 nitrogen and oxygen atoms in total. The molecule has 0 bridgehead atoms. The van der Waals surface area contributed by atoms with E-state index < -0.39 is 0 Å². The van der Waals surface area contributed by atoms with Crippen LogP contribution in [0.15, 0.2) is 48.8 Å². The van der Waals surface area contributed by atoms with Crippen LogP contribution >= 0.6 is 0 Å². The molecule has 1 N–H and O–H groups in total. The molecule has 1 atom stereocenters. The molecule has 2 heterocycles. The van der Waals surface area contributed by atoms with Crippen molar-refractivity contribution in [1.82, 2.24) is 14.8 Å². The van der Waals surface area contributed by atoms with Gasteiger partial charge >= 0.3 is 0 Å². The SMILES string of the molecule is COc1ccc(OC)c(C2C=C(c3ccc(C)c(C)c3)Nc3ncnn32)c1. The molecule has 3 aromatic rings. The van der Waals surface area contributed by atoms with E-state index in [-0.39, 0.29) is 6.04 Å². The average Bonchev–Trinajstić information content (AvgIpc) is 3.17. The molecule has 1 unspecified atom stereocenters. The molecule has 0 fully saturated rings. The zero-order valence-electron chi connectivity index (χ0n) is 15.9. The van der Waals surface area contributed by atoms with Crippen LogP contribution in [0.3, 0.4) is 0 Å². The lowest BCUT2D eigenvalue weighted by atomic mass is 9.98. The van der Waals surface area contributed by atoms with Gasteiger partial charge in [-0.25, -0.2) is 4.68 Å². The number of nitrogens with zero attached hydrogens (tertiary/aromatic N) is 3. The summed E-state index contributed by atoms with van der Waals surface area (Å²) in [5, 5.41) is 7.79. The molecule has 0 aliphatic carbocycles. The van der Waals surface area contributed by atoms with Gasteiger partial charge in [0.2, 0.25) is 5.95 Å². The number of nitrogens with one attached hydrogen (secondary N) is 1. The molecule has 0 amide bonds. The van der Waals surface area contributed by atoms with Crippen LogP contribution < -0.4 is 14.8 Å². The van der Waals surface area contributed by atoms with Gasteiger partial charge < -0.3 is 14.8 Å². The number of allylic oxidation sites excluding steroid dienone is 1. The maximum Gasteiger partial charge on any atom is 0.226 e. The van der Waals surface area contributed by atoms with Crippen LogP contribution in [0.4, 0.5) is 5.95 Å². The van der Waals surface area contributed by atoms with Crippen molar-refractivity contribution in [3.8, 4) is 11.5 Å². The lowest BCUT2D eigenvalue weighted by molar-refractivity contribution is 0.394. The van der Waals surface area contributed by atoms with Crippen LogP contribution in [0.5, 0.6) is 11.5 Å². The monoisotopic (exact) mass is 362 g/mol. The predicted molar refractivity (Wildman–Crippen MR) is 105 cm³/mol. The molecule has 1 aromatic heterocycles. The quantitative estimate of drug-likeness (QED) is 0.761. The number of ether oxygens (including phenoxy) is 2. The van der Waals surface area contributed by atoms with E-state index in [2.05, 4.69) is 53.5 Å². The second kappa shape index (κ2) is 6.79. The molecular weight excluding hydrogens is 340 g/mol. The number of anilines is 1. The third-order valence-electron chi connectivity index (χ3n) is 4.98. The Labute approximate surface area is 158 Å². The van der Waals surface area contributed by atoms with Crippen molar-refractivity contribution in [2.45, 2.75) is 19.9 Å². The fourth-order valence-corrected chi connectivity index (χ4v) is 3.30. The highest BCUT2D eigenvalue weighted by molar-refractivity contribution is 5.77. The second-order valence-electron chi connectivity index (χ2n) is 6.59. The Morgan fingerprint density at radius 3 is 2.59 bits per heavy atom. The Morgan fingerprint density at radius 2 is 1.85 bits per heavy atom. The van der Waals surface area contributed by atoms with Crippen LogP contribution in [0.25, 0.3) is 5.70 Å². The van der Waals surface area contributed by atoms with Crippen molar-refractivity contribution >= 4 is 11.6 Å². The minimum absolute atomic E-state index is 0.162. The van der Waals surface area contributed by atoms with Gasteiger partial charge in [-0.05, 0) is 60.9 Å². The summed E-state index contributed by atoms with van der Waals surface area (Å²) in [7, 11) is 3.33. The van der Waals surface area contributed by atoms with Crippen molar-refractivity contribution in [3.63, 3.8) is 0 Å². The Hall–Kier alpha value is -3.28. The number of benzene rings is 2.